The molecule has 0 spiro atoms. The van der Waals surface area contributed by atoms with Gasteiger partial charge in [0.15, 0.2) is 11.5 Å². The number of nitrogens with zero attached hydrogens (tertiary/aromatic N) is 1. The van der Waals surface area contributed by atoms with Gasteiger partial charge in [0.2, 0.25) is 0 Å². The van der Waals surface area contributed by atoms with Crippen LogP contribution < -0.4 is 9.64 Å². The van der Waals surface area contributed by atoms with Gasteiger partial charge in [-0.15, -0.1) is 0 Å². The number of benzene rings is 2. The van der Waals surface area contributed by atoms with Crippen molar-refractivity contribution in [1.82, 2.24) is 0 Å². The molecule has 2 aromatic rings. The molecule has 1 aliphatic heterocycles. The van der Waals surface area contributed by atoms with Crippen LogP contribution in [0.25, 0.3) is 0 Å². The highest BCUT2D eigenvalue weighted by atomic mass is 16.5. The van der Waals surface area contributed by atoms with Crippen LogP contribution in [0.2, 0.25) is 0 Å². The van der Waals surface area contributed by atoms with Crippen molar-refractivity contribution in [2.24, 2.45) is 5.92 Å². The van der Waals surface area contributed by atoms with Crippen LogP contribution in [0.5, 0.6) is 5.75 Å². The summed E-state index contributed by atoms with van der Waals surface area (Å²) in [5.74, 6) is -0.618. The molecule has 0 saturated heterocycles. The third kappa shape index (κ3) is 3.40. The van der Waals surface area contributed by atoms with Crippen LogP contribution >= 0.6 is 0 Å². The quantitative estimate of drug-likeness (QED) is 0.801. The van der Waals surface area contributed by atoms with Crippen LogP contribution in [0.4, 0.5) is 5.69 Å². The summed E-state index contributed by atoms with van der Waals surface area (Å²) < 4.78 is 5.50. The summed E-state index contributed by atoms with van der Waals surface area (Å²) in [7, 11) is 1.55. The molecule has 1 N–H and O–H groups in total. The van der Waals surface area contributed by atoms with Crippen molar-refractivity contribution in [1.29, 1.82) is 0 Å². The molecule has 5 nitrogen and oxygen atoms in total. The lowest BCUT2D eigenvalue weighted by Crippen LogP contribution is -2.32. The van der Waals surface area contributed by atoms with E-state index in [0.717, 1.165) is 5.56 Å². The lowest BCUT2D eigenvalue weighted by molar-refractivity contribution is -0.118. The fraction of sp³-hybridized carbons (Fsp3) is 0.304. The molecule has 0 bridgehead atoms. The second-order valence-corrected chi connectivity index (χ2v) is 7.39. The van der Waals surface area contributed by atoms with Crippen molar-refractivity contribution in [3.8, 4) is 5.75 Å². The number of methoxy groups -OCH3 is 1. The number of amides is 1. The molecule has 2 aromatic carbocycles. The van der Waals surface area contributed by atoms with Crippen molar-refractivity contribution < 1.29 is 19.4 Å². The first-order chi connectivity index (χ1) is 13.4. The van der Waals surface area contributed by atoms with Gasteiger partial charge in [0.25, 0.3) is 5.91 Å². The summed E-state index contributed by atoms with van der Waals surface area (Å²) in [5.41, 5.74) is 2.33. The van der Waals surface area contributed by atoms with Gasteiger partial charge in [-0.2, -0.15) is 0 Å². The van der Waals surface area contributed by atoms with Gasteiger partial charge in [0, 0.05) is 17.7 Å². The fourth-order valence-corrected chi connectivity index (χ4v) is 3.64. The van der Waals surface area contributed by atoms with E-state index in [4.69, 9.17) is 4.74 Å². The summed E-state index contributed by atoms with van der Waals surface area (Å²) in [6.45, 7) is 5.76. The van der Waals surface area contributed by atoms with Crippen molar-refractivity contribution >= 4 is 17.4 Å². The lowest BCUT2D eigenvalue weighted by atomic mass is 9.91. The number of hydrogen-bond donors (Lipinski definition) is 1. The highest BCUT2D eigenvalue weighted by Crippen LogP contribution is 2.45. The SMILES string of the molecule is COc1ccccc1C1C(C(=O)CC(C)C)=C(O)C(=O)N1c1ccccc1C. The Morgan fingerprint density at radius 3 is 2.43 bits per heavy atom. The Labute approximate surface area is 165 Å². The number of ether oxygens (including phenoxy) is 1. The predicted molar refractivity (Wildman–Crippen MR) is 109 cm³/mol. The van der Waals surface area contributed by atoms with Crippen LogP contribution in [0, 0.1) is 12.8 Å². The van der Waals surface area contributed by atoms with E-state index >= 15 is 0 Å². The van der Waals surface area contributed by atoms with E-state index < -0.39 is 17.7 Å². The van der Waals surface area contributed by atoms with Gasteiger partial charge in [-0.05, 0) is 30.5 Å². The number of ketones is 1. The number of rotatable bonds is 6. The number of carbonyl (C=O) groups excluding carboxylic acids is 2. The third-order valence-electron chi connectivity index (χ3n) is 4.91. The molecule has 1 amide bonds. The van der Waals surface area contributed by atoms with Gasteiger partial charge in [-0.3, -0.25) is 14.5 Å². The Morgan fingerprint density at radius 1 is 1.14 bits per heavy atom. The largest absolute Gasteiger partial charge is 0.503 e. The number of aliphatic hydroxyl groups is 1. The van der Waals surface area contributed by atoms with Gasteiger partial charge >= 0.3 is 0 Å². The monoisotopic (exact) mass is 379 g/mol. The van der Waals surface area contributed by atoms with Crippen LogP contribution in [0.3, 0.4) is 0 Å². The second-order valence-electron chi connectivity index (χ2n) is 7.39. The normalized spacial score (nSPS) is 16.8. The molecule has 1 unspecified atom stereocenters. The lowest BCUT2D eigenvalue weighted by Gasteiger charge is -2.29. The zero-order valence-corrected chi connectivity index (χ0v) is 16.6. The van der Waals surface area contributed by atoms with E-state index in [-0.39, 0.29) is 23.7 Å². The Balaban J connectivity index is 2.22. The summed E-state index contributed by atoms with van der Waals surface area (Å²) in [6.07, 6.45) is 0.250. The van der Waals surface area contributed by atoms with Gasteiger partial charge < -0.3 is 9.84 Å². The topological polar surface area (TPSA) is 66.8 Å². The zero-order chi connectivity index (χ0) is 20.4. The number of Topliss-reactive ketones (excluding diaryl/α,β-unsaturated/α-hetero) is 1. The summed E-state index contributed by atoms with van der Waals surface area (Å²) in [5, 5.41) is 10.7. The third-order valence-corrected chi connectivity index (χ3v) is 4.91. The van der Waals surface area contributed by atoms with E-state index in [2.05, 4.69) is 0 Å². The Kier molecular flexibility index (Phi) is 5.54. The van der Waals surface area contributed by atoms with E-state index in [1.165, 1.54) is 4.90 Å². The molecule has 0 saturated carbocycles. The molecule has 1 atom stereocenters. The molecule has 28 heavy (non-hydrogen) atoms. The minimum absolute atomic E-state index is 0.105. The number of para-hydroxylation sites is 2. The molecule has 146 valence electrons. The fourth-order valence-electron chi connectivity index (χ4n) is 3.64. The zero-order valence-electron chi connectivity index (χ0n) is 16.6. The number of aliphatic hydroxyl groups excluding tert-OH is 1. The Bertz CT molecular complexity index is 945. The molecule has 3 rings (SSSR count). The van der Waals surface area contributed by atoms with Crippen LogP contribution in [-0.4, -0.2) is 23.9 Å². The second kappa shape index (κ2) is 7.89. The highest BCUT2D eigenvalue weighted by molar-refractivity contribution is 6.16. The van der Waals surface area contributed by atoms with E-state index in [1.807, 2.05) is 63.2 Å². The number of anilines is 1. The first kappa shape index (κ1) is 19.7. The molecular weight excluding hydrogens is 354 g/mol. The van der Waals surface area contributed by atoms with E-state index in [1.54, 1.807) is 13.2 Å². The van der Waals surface area contributed by atoms with Crippen molar-refractivity contribution in [2.45, 2.75) is 33.2 Å². The first-order valence-electron chi connectivity index (χ1n) is 9.35. The molecule has 0 aliphatic carbocycles. The van der Waals surface area contributed by atoms with Crippen LogP contribution in [0.1, 0.15) is 37.4 Å². The number of hydrogen-bond acceptors (Lipinski definition) is 4. The maximum absolute atomic E-state index is 13.1. The average Bonchev–Trinajstić information content (AvgIpc) is 2.92. The minimum atomic E-state index is -0.740. The van der Waals surface area contributed by atoms with Crippen LogP contribution in [-0.2, 0) is 9.59 Å². The molecular formula is C23H25NO4. The van der Waals surface area contributed by atoms with Gasteiger partial charge in [0.1, 0.15) is 5.75 Å². The standard InChI is InChI=1S/C23H25NO4/c1-14(2)13-18(25)20-21(16-10-6-8-12-19(16)28-4)24(23(27)22(20)26)17-11-7-5-9-15(17)3/h5-12,14,21,26H,13H2,1-4H3. The van der Waals surface area contributed by atoms with E-state index in [0.29, 0.717) is 17.0 Å². The van der Waals surface area contributed by atoms with Gasteiger partial charge in [-0.25, -0.2) is 0 Å². The first-order valence-corrected chi connectivity index (χ1v) is 9.35. The molecule has 0 aromatic heterocycles. The Morgan fingerprint density at radius 2 is 1.79 bits per heavy atom. The van der Waals surface area contributed by atoms with Gasteiger partial charge in [-0.1, -0.05) is 50.2 Å². The summed E-state index contributed by atoms with van der Waals surface area (Å²) in [4.78, 5) is 27.6. The predicted octanol–water partition coefficient (Wildman–Crippen LogP) is 4.52. The van der Waals surface area contributed by atoms with Crippen LogP contribution in [0.15, 0.2) is 59.9 Å². The molecule has 0 radical (unpaired) electrons. The minimum Gasteiger partial charge on any atom is -0.503 e. The van der Waals surface area contributed by atoms with Crippen molar-refractivity contribution in [3.63, 3.8) is 0 Å². The van der Waals surface area contributed by atoms with Crippen molar-refractivity contribution in [3.05, 3.63) is 71.0 Å². The molecule has 0 fully saturated rings. The maximum Gasteiger partial charge on any atom is 0.294 e. The van der Waals surface area contributed by atoms with Crippen molar-refractivity contribution in [2.75, 3.05) is 12.0 Å². The maximum atomic E-state index is 13.1. The van der Waals surface area contributed by atoms with E-state index in [9.17, 15) is 14.7 Å². The molecule has 5 heteroatoms. The highest BCUT2D eigenvalue weighted by Gasteiger charge is 2.45. The average molecular weight is 379 g/mol. The molecule has 1 heterocycles. The number of carbonyl (C=O) groups is 2. The summed E-state index contributed by atoms with van der Waals surface area (Å²) in [6, 6.07) is 14.0. The summed E-state index contributed by atoms with van der Waals surface area (Å²) >= 11 is 0. The Hall–Kier alpha value is -3.08. The smallest absolute Gasteiger partial charge is 0.294 e. The number of aryl methyl sites for hydroxylation is 1. The molecule has 1 aliphatic rings. The van der Waals surface area contributed by atoms with Gasteiger partial charge in [0.05, 0.1) is 18.7 Å².